The zero-order chi connectivity index (χ0) is 41.9. The van der Waals surface area contributed by atoms with Crippen molar-refractivity contribution in [3.8, 4) is 0 Å². The zero-order valence-electron chi connectivity index (χ0n) is 39.0. The molecule has 0 spiro atoms. The molecule has 0 bridgehead atoms. The van der Waals surface area contributed by atoms with Gasteiger partial charge in [0.1, 0.15) is 13.2 Å². The topological polar surface area (TPSA) is 78.9 Å². The SMILES string of the molecule is CCCCCCCCCCCCCCCCCC(=O)OC[C@@H](COC(=O)CCCCCCCCCCCCCC(C)C)OC(=O)CCCCCCCCC(C)CC. The number of carbonyl (C=O) groups excluding carboxylic acids is 3. The van der Waals surface area contributed by atoms with Crippen LogP contribution in [0.25, 0.3) is 0 Å². The first-order valence-electron chi connectivity index (χ1n) is 25.3. The number of hydrogen-bond donors (Lipinski definition) is 0. The molecule has 0 radical (unpaired) electrons. The van der Waals surface area contributed by atoms with Gasteiger partial charge in [0, 0.05) is 19.3 Å². The average molecular weight is 807 g/mol. The molecule has 0 amide bonds. The molecule has 0 aromatic carbocycles. The molecular weight excluding hydrogens is 709 g/mol. The van der Waals surface area contributed by atoms with E-state index in [9.17, 15) is 14.4 Å². The van der Waals surface area contributed by atoms with E-state index in [2.05, 4.69) is 34.6 Å². The minimum atomic E-state index is -0.762. The molecule has 6 heteroatoms. The first-order chi connectivity index (χ1) is 27.8. The molecule has 0 aliphatic rings. The van der Waals surface area contributed by atoms with E-state index < -0.39 is 6.10 Å². The van der Waals surface area contributed by atoms with Gasteiger partial charge in [0.25, 0.3) is 0 Å². The van der Waals surface area contributed by atoms with Gasteiger partial charge in [0.2, 0.25) is 0 Å². The van der Waals surface area contributed by atoms with Crippen LogP contribution in [0.15, 0.2) is 0 Å². The van der Waals surface area contributed by atoms with Crippen molar-refractivity contribution in [3.63, 3.8) is 0 Å². The summed E-state index contributed by atoms with van der Waals surface area (Å²) in [6, 6.07) is 0. The van der Waals surface area contributed by atoms with Crippen LogP contribution < -0.4 is 0 Å². The lowest BCUT2D eigenvalue weighted by atomic mass is 10.00. The molecule has 0 aromatic heterocycles. The maximum atomic E-state index is 12.7. The van der Waals surface area contributed by atoms with Crippen LogP contribution in [0.1, 0.15) is 279 Å². The molecule has 0 rings (SSSR count). The van der Waals surface area contributed by atoms with Crippen LogP contribution in [-0.2, 0) is 28.6 Å². The predicted octanol–water partition coefficient (Wildman–Crippen LogP) is 16.1. The lowest BCUT2D eigenvalue weighted by Crippen LogP contribution is -2.30. The largest absolute Gasteiger partial charge is 0.462 e. The Balaban J connectivity index is 4.29. The fourth-order valence-electron chi connectivity index (χ4n) is 7.60. The van der Waals surface area contributed by atoms with Crippen LogP contribution in [0, 0.1) is 11.8 Å². The lowest BCUT2D eigenvalue weighted by Gasteiger charge is -2.18. The molecule has 0 fully saturated rings. The Hall–Kier alpha value is -1.59. The molecule has 57 heavy (non-hydrogen) atoms. The maximum Gasteiger partial charge on any atom is 0.306 e. The first-order valence-corrected chi connectivity index (χ1v) is 25.3. The smallest absolute Gasteiger partial charge is 0.306 e. The van der Waals surface area contributed by atoms with Crippen LogP contribution in [0.3, 0.4) is 0 Å². The molecule has 2 atom stereocenters. The lowest BCUT2D eigenvalue weighted by molar-refractivity contribution is -0.167. The van der Waals surface area contributed by atoms with Crippen molar-refractivity contribution in [1.82, 2.24) is 0 Å². The van der Waals surface area contributed by atoms with Gasteiger partial charge in [0.15, 0.2) is 6.10 Å². The second-order valence-corrected chi connectivity index (χ2v) is 18.2. The zero-order valence-corrected chi connectivity index (χ0v) is 39.0. The molecule has 338 valence electrons. The van der Waals surface area contributed by atoms with Gasteiger partial charge in [-0.1, -0.05) is 240 Å². The highest BCUT2D eigenvalue weighted by Gasteiger charge is 2.19. The highest BCUT2D eigenvalue weighted by Crippen LogP contribution is 2.17. The van der Waals surface area contributed by atoms with E-state index >= 15 is 0 Å². The maximum absolute atomic E-state index is 12.7. The highest BCUT2D eigenvalue weighted by atomic mass is 16.6. The summed E-state index contributed by atoms with van der Waals surface area (Å²) < 4.78 is 16.8. The minimum absolute atomic E-state index is 0.0648. The fraction of sp³-hybridized carbons (Fsp3) is 0.941. The summed E-state index contributed by atoms with van der Waals surface area (Å²) in [6.45, 7) is 11.3. The van der Waals surface area contributed by atoms with Gasteiger partial charge in [-0.15, -0.1) is 0 Å². The number of hydrogen-bond acceptors (Lipinski definition) is 6. The Morgan fingerprint density at radius 1 is 0.368 bits per heavy atom. The Morgan fingerprint density at radius 2 is 0.667 bits per heavy atom. The highest BCUT2D eigenvalue weighted by molar-refractivity contribution is 5.71. The normalized spacial score (nSPS) is 12.5. The number of carbonyl (C=O) groups is 3. The molecule has 0 aliphatic heterocycles. The van der Waals surface area contributed by atoms with E-state index in [0.717, 1.165) is 69.6 Å². The van der Waals surface area contributed by atoms with Crippen LogP contribution in [0.5, 0.6) is 0 Å². The van der Waals surface area contributed by atoms with Crippen molar-refractivity contribution in [2.45, 2.75) is 285 Å². The van der Waals surface area contributed by atoms with Crippen molar-refractivity contribution >= 4 is 17.9 Å². The van der Waals surface area contributed by atoms with Gasteiger partial charge in [-0.25, -0.2) is 0 Å². The fourth-order valence-corrected chi connectivity index (χ4v) is 7.60. The monoisotopic (exact) mass is 807 g/mol. The second kappa shape index (κ2) is 44.0. The summed E-state index contributed by atoms with van der Waals surface area (Å²) in [5, 5.41) is 0. The predicted molar refractivity (Wildman–Crippen MR) is 243 cm³/mol. The van der Waals surface area contributed by atoms with E-state index in [1.165, 1.54) is 167 Å². The summed E-state index contributed by atoms with van der Waals surface area (Å²) in [7, 11) is 0. The molecule has 0 saturated heterocycles. The van der Waals surface area contributed by atoms with Gasteiger partial charge in [0.05, 0.1) is 0 Å². The second-order valence-electron chi connectivity index (χ2n) is 18.2. The summed E-state index contributed by atoms with van der Waals surface area (Å²) >= 11 is 0. The molecule has 0 aliphatic carbocycles. The number of unbranched alkanes of at least 4 members (excludes halogenated alkanes) is 29. The number of esters is 3. The van der Waals surface area contributed by atoms with Crippen molar-refractivity contribution in [1.29, 1.82) is 0 Å². The average Bonchev–Trinajstić information content (AvgIpc) is 3.19. The molecular formula is C51H98O6. The van der Waals surface area contributed by atoms with Gasteiger partial charge < -0.3 is 14.2 Å². The van der Waals surface area contributed by atoms with Crippen molar-refractivity contribution in [2.24, 2.45) is 11.8 Å². The standard InChI is InChI=1S/C51H98O6/c1-6-8-9-10-11-12-13-14-15-16-19-22-25-31-36-41-49(52)55-44-48(57-51(54)43-38-33-28-27-30-35-40-47(5)7-2)45-56-50(53)42-37-32-26-23-20-17-18-21-24-29-34-39-46(3)4/h46-48H,6-45H2,1-5H3/t47?,48-/m0/s1. The molecule has 6 nitrogen and oxygen atoms in total. The van der Waals surface area contributed by atoms with Crippen molar-refractivity contribution in [3.05, 3.63) is 0 Å². The number of rotatable bonds is 45. The van der Waals surface area contributed by atoms with E-state index in [1.807, 2.05) is 0 Å². The summed E-state index contributed by atoms with van der Waals surface area (Å²) in [5.74, 6) is 0.783. The van der Waals surface area contributed by atoms with Gasteiger partial charge >= 0.3 is 17.9 Å². The summed E-state index contributed by atoms with van der Waals surface area (Å²) in [6.07, 6.45) is 43.7. The first kappa shape index (κ1) is 55.4. The van der Waals surface area contributed by atoms with E-state index in [4.69, 9.17) is 14.2 Å². The van der Waals surface area contributed by atoms with Gasteiger partial charge in [-0.2, -0.15) is 0 Å². The van der Waals surface area contributed by atoms with Crippen LogP contribution in [0.4, 0.5) is 0 Å². The van der Waals surface area contributed by atoms with Gasteiger partial charge in [-0.05, 0) is 31.1 Å². The van der Waals surface area contributed by atoms with E-state index in [0.29, 0.717) is 19.3 Å². The van der Waals surface area contributed by atoms with Crippen LogP contribution in [-0.4, -0.2) is 37.2 Å². The summed E-state index contributed by atoms with van der Waals surface area (Å²) in [4.78, 5) is 37.9. The van der Waals surface area contributed by atoms with Crippen molar-refractivity contribution < 1.29 is 28.6 Å². The van der Waals surface area contributed by atoms with E-state index in [-0.39, 0.29) is 31.1 Å². The molecule has 0 heterocycles. The third kappa shape index (κ3) is 43.8. The Morgan fingerprint density at radius 3 is 1.00 bits per heavy atom. The Labute approximate surface area is 355 Å². The quantitative estimate of drug-likeness (QED) is 0.0346. The van der Waals surface area contributed by atoms with Crippen LogP contribution in [0.2, 0.25) is 0 Å². The minimum Gasteiger partial charge on any atom is -0.462 e. The third-order valence-electron chi connectivity index (χ3n) is 11.8. The van der Waals surface area contributed by atoms with Gasteiger partial charge in [-0.3, -0.25) is 14.4 Å². The summed E-state index contributed by atoms with van der Waals surface area (Å²) in [5.41, 5.74) is 0. The third-order valence-corrected chi connectivity index (χ3v) is 11.8. The van der Waals surface area contributed by atoms with Crippen molar-refractivity contribution in [2.75, 3.05) is 13.2 Å². The Kier molecular flexibility index (Phi) is 42.7. The Bertz CT molecular complexity index is 872. The molecule has 0 aromatic rings. The van der Waals surface area contributed by atoms with Crippen LogP contribution >= 0.6 is 0 Å². The van der Waals surface area contributed by atoms with E-state index in [1.54, 1.807) is 0 Å². The molecule has 0 saturated carbocycles. The number of ether oxygens (including phenoxy) is 3. The molecule has 0 N–H and O–H groups in total. The molecule has 1 unspecified atom stereocenters.